The van der Waals surface area contributed by atoms with Gasteiger partial charge in [-0.2, -0.15) is 0 Å². The van der Waals surface area contributed by atoms with E-state index in [2.05, 4.69) is 28.5 Å². The first-order chi connectivity index (χ1) is 12.5. The van der Waals surface area contributed by atoms with Crippen molar-refractivity contribution < 1.29 is 17.9 Å². The number of pyridine rings is 1. The van der Waals surface area contributed by atoms with Crippen LogP contribution in [-0.4, -0.2) is 33.3 Å². The van der Waals surface area contributed by atoms with E-state index in [1.165, 1.54) is 12.1 Å². The number of hydrogen-bond donors (Lipinski definition) is 1. The Bertz CT molecular complexity index is 847. The molecule has 0 saturated carbocycles. The zero-order valence-corrected chi connectivity index (χ0v) is 15.8. The summed E-state index contributed by atoms with van der Waals surface area (Å²) in [5.74, 6) is 1.24. The molecule has 1 aromatic heterocycles. The van der Waals surface area contributed by atoms with E-state index in [1.807, 2.05) is 6.07 Å². The lowest BCUT2D eigenvalue weighted by atomic mass is 10.3. The predicted octanol–water partition coefficient (Wildman–Crippen LogP) is 3.24. The average Bonchev–Trinajstić information content (AvgIpc) is 3.10. The zero-order valence-electron chi connectivity index (χ0n) is 14.9. The minimum absolute atomic E-state index is 0.0985. The highest BCUT2D eigenvalue weighted by Crippen LogP contribution is 2.34. The molecule has 1 aliphatic heterocycles. The molecule has 2 aromatic rings. The van der Waals surface area contributed by atoms with Crippen molar-refractivity contribution in [3.8, 4) is 11.5 Å². The van der Waals surface area contributed by atoms with Gasteiger partial charge in [-0.1, -0.05) is 13.8 Å². The molecule has 26 heavy (non-hydrogen) atoms. The number of anilines is 2. The van der Waals surface area contributed by atoms with Crippen molar-refractivity contribution in [1.82, 2.24) is 4.98 Å². The van der Waals surface area contributed by atoms with Crippen molar-refractivity contribution in [2.75, 3.05) is 29.5 Å². The van der Waals surface area contributed by atoms with Crippen LogP contribution in [0.2, 0.25) is 0 Å². The molecule has 0 unspecified atom stereocenters. The van der Waals surface area contributed by atoms with Crippen molar-refractivity contribution >= 4 is 21.5 Å². The summed E-state index contributed by atoms with van der Waals surface area (Å²) in [5, 5.41) is 0. The number of ether oxygens (including phenoxy) is 2. The molecule has 1 N–H and O–H groups in total. The van der Waals surface area contributed by atoms with E-state index in [-0.39, 0.29) is 17.5 Å². The minimum Gasteiger partial charge on any atom is -0.454 e. The third kappa shape index (κ3) is 4.01. The Labute approximate surface area is 154 Å². The van der Waals surface area contributed by atoms with Gasteiger partial charge in [0, 0.05) is 19.2 Å². The van der Waals surface area contributed by atoms with Gasteiger partial charge in [0.15, 0.2) is 11.5 Å². The van der Waals surface area contributed by atoms with Gasteiger partial charge in [-0.15, -0.1) is 0 Å². The van der Waals surface area contributed by atoms with Gasteiger partial charge < -0.3 is 14.4 Å². The van der Waals surface area contributed by atoms with Gasteiger partial charge in [-0.3, -0.25) is 4.72 Å². The summed E-state index contributed by atoms with van der Waals surface area (Å²) in [7, 11) is -3.75. The van der Waals surface area contributed by atoms with Crippen LogP contribution in [0, 0.1) is 0 Å². The second kappa shape index (κ2) is 7.82. The van der Waals surface area contributed by atoms with Crippen LogP contribution < -0.4 is 19.1 Å². The predicted molar refractivity (Wildman–Crippen MR) is 100 cm³/mol. The normalized spacial score (nSPS) is 12.8. The molecule has 0 spiro atoms. The van der Waals surface area contributed by atoms with E-state index in [4.69, 9.17) is 9.47 Å². The van der Waals surface area contributed by atoms with Gasteiger partial charge in [0.05, 0.1) is 16.8 Å². The van der Waals surface area contributed by atoms with Crippen LogP contribution in [0.25, 0.3) is 0 Å². The molecule has 0 atom stereocenters. The molecule has 8 heteroatoms. The van der Waals surface area contributed by atoms with E-state index < -0.39 is 10.0 Å². The van der Waals surface area contributed by atoms with Crippen molar-refractivity contribution in [1.29, 1.82) is 0 Å². The second-order valence-electron chi connectivity index (χ2n) is 6.01. The first kappa shape index (κ1) is 18.3. The molecule has 1 aliphatic rings. The first-order valence-electron chi connectivity index (χ1n) is 8.67. The maximum atomic E-state index is 12.6. The van der Waals surface area contributed by atoms with Crippen LogP contribution in [0.4, 0.5) is 11.5 Å². The molecule has 0 fully saturated rings. The Morgan fingerprint density at radius 3 is 2.46 bits per heavy atom. The molecular formula is C18H23N3O4S. The lowest BCUT2D eigenvalue weighted by Gasteiger charge is -2.23. The number of nitrogens with zero attached hydrogens (tertiary/aromatic N) is 2. The molecule has 3 rings (SSSR count). The number of sulfonamides is 1. The van der Waals surface area contributed by atoms with Crippen molar-refractivity contribution in [2.24, 2.45) is 0 Å². The molecule has 7 nitrogen and oxygen atoms in total. The topological polar surface area (TPSA) is 80.8 Å². The van der Waals surface area contributed by atoms with Crippen LogP contribution in [-0.2, 0) is 10.0 Å². The van der Waals surface area contributed by atoms with Crippen LogP contribution in [0.1, 0.15) is 26.7 Å². The maximum absolute atomic E-state index is 12.6. The lowest BCUT2D eigenvalue weighted by Crippen LogP contribution is -2.25. The SMILES string of the molecule is CCCN(CCC)c1ccc(NS(=O)(=O)c2ccc3c(c2)OCO3)nc1. The molecule has 1 aromatic carbocycles. The minimum atomic E-state index is -3.75. The van der Waals surface area contributed by atoms with Gasteiger partial charge in [-0.05, 0) is 37.1 Å². The summed E-state index contributed by atoms with van der Waals surface area (Å²) in [4.78, 5) is 6.60. The summed E-state index contributed by atoms with van der Waals surface area (Å²) in [6, 6.07) is 8.08. The molecule has 0 aliphatic carbocycles. The fourth-order valence-corrected chi connectivity index (χ4v) is 3.81. The molecule has 0 saturated heterocycles. The molecular weight excluding hydrogens is 354 g/mol. The summed E-state index contributed by atoms with van der Waals surface area (Å²) >= 11 is 0. The summed E-state index contributed by atoms with van der Waals surface area (Å²) in [5.41, 5.74) is 0.986. The highest BCUT2D eigenvalue weighted by Gasteiger charge is 2.20. The number of aromatic nitrogens is 1. The Hall–Kier alpha value is -2.48. The Morgan fingerprint density at radius 2 is 1.81 bits per heavy atom. The van der Waals surface area contributed by atoms with Crippen molar-refractivity contribution in [3.63, 3.8) is 0 Å². The average molecular weight is 377 g/mol. The highest BCUT2D eigenvalue weighted by molar-refractivity contribution is 7.92. The lowest BCUT2D eigenvalue weighted by molar-refractivity contribution is 0.174. The fourth-order valence-electron chi connectivity index (χ4n) is 2.78. The van der Waals surface area contributed by atoms with E-state index in [1.54, 1.807) is 18.3 Å². The number of hydrogen-bond acceptors (Lipinski definition) is 6. The number of nitrogens with one attached hydrogen (secondary N) is 1. The molecule has 140 valence electrons. The van der Waals surface area contributed by atoms with Crippen LogP contribution in [0.15, 0.2) is 41.4 Å². The fraction of sp³-hybridized carbons (Fsp3) is 0.389. The van der Waals surface area contributed by atoms with Gasteiger partial charge in [0.25, 0.3) is 10.0 Å². The van der Waals surface area contributed by atoms with Crippen molar-refractivity contribution in [3.05, 3.63) is 36.5 Å². The molecule has 0 radical (unpaired) electrons. The second-order valence-corrected chi connectivity index (χ2v) is 7.69. The van der Waals surface area contributed by atoms with Gasteiger partial charge in [0.1, 0.15) is 5.82 Å². The molecule has 2 heterocycles. The van der Waals surface area contributed by atoms with Crippen LogP contribution >= 0.6 is 0 Å². The zero-order chi connectivity index (χ0) is 18.6. The highest BCUT2D eigenvalue weighted by atomic mass is 32.2. The largest absolute Gasteiger partial charge is 0.454 e. The Morgan fingerprint density at radius 1 is 1.08 bits per heavy atom. The standard InChI is InChI=1S/C18H23N3O4S/c1-3-9-21(10-4-2)14-5-8-18(19-12-14)20-26(22,23)15-6-7-16-17(11-15)25-13-24-16/h5-8,11-12H,3-4,9-10,13H2,1-2H3,(H,19,20). The van der Waals surface area contributed by atoms with Crippen LogP contribution in [0.3, 0.4) is 0 Å². The molecule has 0 amide bonds. The number of benzene rings is 1. The molecule has 0 bridgehead atoms. The quantitative estimate of drug-likeness (QED) is 0.761. The Balaban J connectivity index is 1.75. The number of rotatable bonds is 8. The first-order valence-corrected chi connectivity index (χ1v) is 10.1. The third-order valence-corrected chi connectivity index (χ3v) is 5.35. The monoisotopic (exact) mass is 377 g/mol. The number of fused-ring (bicyclic) bond motifs is 1. The van der Waals surface area contributed by atoms with E-state index in [0.29, 0.717) is 11.5 Å². The summed E-state index contributed by atoms with van der Waals surface area (Å²) < 4.78 is 38.1. The maximum Gasteiger partial charge on any atom is 0.263 e. The smallest absolute Gasteiger partial charge is 0.263 e. The van der Waals surface area contributed by atoms with E-state index in [0.717, 1.165) is 31.6 Å². The van der Waals surface area contributed by atoms with Gasteiger partial charge >= 0.3 is 0 Å². The van der Waals surface area contributed by atoms with E-state index in [9.17, 15) is 8.42 Å². The Kier molecular flexibility index (Phi) is 5.51. The van der Waals surface area contributed by atoms with E-state index >= 15 is 0 Å². The summed E-state index contributed by atoms with van der Waals surface area (Å²) in [6.45, 7) is 6.24. The third-order valence-electron chi connectivity index (χ3n) is 3.99. The van der Waals surface area contributed by atoms with Crippen LogP contribution in [0.5, 0.6) is 11.5 Å². The van der Waals surface area contributed by atoms with Gasteiger partial charge in [-0.25, -0.2) is 13.4 Å². The summed E-state index contributed by atoms with van der Waals surface area (Å²) in [6.07, 6.45) is 3.78. The van der Waals surface area contributed by atoms with Crippen molar-refractivity contribution in [2.45, 2.75) is 31.6 Å². The van der Waals surface area contributed by atoms with Gasteiger partial charge in [0.2, 0.25) is 6.79 Å².